The van der Waals surface area contributed by atoms with Gasteiger partial charge in [0.1, 0.15) is 0 Å². The smallest absolute Gasteiger partial charge is 0.231 e. The molecule has 0 saturated carbocycles. The second-order valence-corrected chi connectivity index (χ2v) is 7.27. The molecule has 2 aromatic carbocycles. The fourth-order valence-electron chi connectivity index (χ4n) is 3.69. The Labute approximate surface area is 189 Å². The molecular weight excluding hydrogens is 479 g/mol. The molecular formula is C22H29IN4O2. The Morgan fingerprint density at radius 1 is 1.10 bits per heavy atom. The second kappa shape index (κ2) is 10.0. The zero-order valence-corrected chi connectivity index (χ0v) is 19.3. The third-order valence-electron chi connectivity index (χ3n) is 5.32. The Hall–Kier alpha value is -2.16. The molecule has 7 heteroatoms. The third-order valence-corrected chi connectivity index (χ3v) is 5.32. The van der Waals surface area contributed by atoms with Crippen molar-refractivity contribution in [2.24, 2.45) is 4.99 Å². The van der Waals surface area contributed by atoms with Gasteiger partial charge in [0.25, 0.3) is 0 Å². The number of nitrogens with one attached hydrogen (secondary N) is 2. The number of guanidine groups is 1. The molecule has 2 heterocycles. The zero-order chi connectivity index (χ0) is 19.3. The molecule has 0 aliphatic carbocycles. The topological polar surface area (TPSA) is 58.1 Å². The molecule has 0 aromatic heterocycles. The van der Waals surface area contributed by atoms with E-state index >= 15 is 0 Å². The first kappa shape index (κ1) is 21.5. The summed E-state index contributed by atoms with van der Waals surface area (Å²) in [7, 11) is 1.79. The molecule has 0 spiro atoms. The Morgan fingerprint density at radius 3 is 2.69 bits per heavy atom. The quantitative estimate of drug-likeness (QED) is 0.363. The number of halogens is 1. The highest BCUT2D eigenvalue weighted by atomic mass is 127. The van der Waals surface area contributed by atoms with Crippen LogP contribution in [0.15, 0.2) is 47.5 Å². The molecule has 0 bridgehead atoms. The van der Waals surface area contributed by atoms with Gasteiger partial charge in [-0.05, 0) is 55.2 Å². The van der Waals surface area contributed by atoms with Gasteiger partial charge in [-0.3, -0.25) is 4.99 Å². The maximum absolute atomic E-state index is 5.45. The van der Waals surface area contributed by atoms with Crippen LogP contribution in [0.5, 0.6) is 11.5 Å². The van der Waals surface area contributed by atoms with Crippen molar-refractivity contribution in [3.05, 3.63) is 53.6 Å². The molecule has 0 amide bonds. The Balaban J connectivity index is 0.00000240. The van der Waals surface area contributed by atoms with E-state index in [1.54, 1.807) is 7.05 Å². The van der Waals surface area contributed by atoms with Gasteiger partial charge in [0, 0.05) is 32.4 Å². The van der Waals surface area contributed by atoms with Crippen molar-refractivity contribution in [2.75, 3.05) is 31.8 Å². The van der Waals surface area contributed by atoms with Gasteiger partial charge >= 0.3 is 0 Å². The van der Waals surface area contributed by atoms with Crippen LogP contribution < -0.4 is 25.0 Å². The van der Waals surface area contributed by atoms with Crippen molar-refractivity contribution in [1.29, 1.82) is 0 Å². The van der Waals surface area contributed by atoms with Crippen LogP contribution in [0.2, 0.25) is 0 Å². The predicted molar refractivity (Wildman–Crippen MR) is 128 cm³/mol. The molecule has 1 saturated heterocycles. The molecule has 6 nitrogen and oxygen atoms in total. The van der Waals surface area contributed by atoms with Gasteiger partial charge < -0.3 is 25.0 Å². The van der Waals surface area contributed by atoms with Crippen LogP contribution in [-0.2, 0) is 6.54 Å². The van der Waals surface area contributed by atoms with Crippen molar-refractivity contribution in [3.63, 3.8) is 0 Å². The van der Waals surface area contributed by atoms with Crippen LogP contribution in [-0.4, -0.2) is 32.9 Å². The zero-order valence-electron chi connectivity index (χ0n) is 17.0. The average Bonchev–Trinajstić information content (AvgIpc) is 3.42. The summed E-state index contributed by atoms with van der Waals surface area (Å²) < 4.78 is 10.8. The third kappa shape index (κ3) is 5.26. The molecule has 0 radical (unpaired) electrons. The van der Waals surface area contributed by atoms with E-state index in [1.807, 2.05) is 18.2 Å². The van der Waals surface area contributed by atoms with E-state index in [0.29, 0.717) is 13.3 Å². The summed E-state index contributed by atoms with van der Waals surface area (Å²) in [5.74, 6) is 2.38. The van der Waals surface area contributed by atoms with Gasteiger partial charge in [-0.1, -0.05) is 18.2 Å². The number of fused-ring (bicyclic) bond motifs is 1. The minimum atomic E-state index is 0. The van der Waals surface area contributed by atoms with Crippen LogP contribution in [0.3, 0.4) is 0 Å². The molecule has 156 valence electrons. The Bertz CT molecular complexity index is 852. The van der Waals surface area contributed by atoms with Gasteiger partial charge in [0.15, 0.2) is 17.5 Å². The highest BCUT2D eigenvalue weighted by Gasteiger charge is 2.15. The Kier molecular flexibility index (Phi) is 7.46. The maximum Gasteiger partial charge on any atom is 0.231 e. The molecule has 4 rings (SSSR count). The van der Waals surface area contributed by atoms with Crippen molar-refractivity contribution in [3.8, 4) is 11.5 Å². The number of benzene rings is 2. The number of nitrogens with zero attached hydrogens (tertiary/aromatic N) is 2. The first-order valence-electron chi connectivity index (χ1n) is 9.93. The number of ether oxygens (including phenoxy) is 2. The lowest BCUT2D eigenvalue weighted by Gasteiger charge is -2.22. The van der Waals surface area contributed by atoms with E-state index in [-0.39, 0.29) is 30.0 Å². The molecule has 2 aliphatic rings. The molecule has 2 N–H and O–H groups in total. The minimum absolute atomic E-state index is 0. The van der Waals surface area contributed by atoms with Crippen LogP contribution in [0, 0.1) is 0 Å². The first-order chi connectivity index (χ1) is 13.7. The van der Waals surface area contributed by atoms with Crippen LogP contribution in [0.1, 0.15) is 36.9 Å². The number of anilines is 1. The molecule has 1 atom stereocenters. The van der Waals surface area contributed by atoms with Gasteiger partial charge in [-0.2, -0.15) is 0 Å². The normalized spacial score (nSPS) is 16.3. The molecule has 1 unspecified atom stereocenters. The van der Waals surface area contributed by atoms with E-state index in [9.17, 15) is 0 Å². The van der Waals surface area contributed by atoms with Gasteiger partial charge in [-0.15, -0.1) is 24.0 Å². The summed E-state index contributed by atoms with van der Waals surface area (Å²) in [6, 6.07) is 14.9. The number of hydrogen-bond acceptors (Lipinski definition) is 4. The lowest BCUT2D eigenvalue weighted by Crippen LogP contribution is -2.38. The van der Waals surface area contributed by atoms with E-state index in [0.717, 1.165) is 36.1 Å². The molecule has 2 aliphatic heterocycles. The summed E-state index contributed by atoms with van der Waals surface area (Å²) in [6.07, 6.45) is 2.57. The number of aliphatic imine (C=N–C) groups is 1. The lowest BCUT2D eigenvalue weighted by atomic mass is 10.1. The minimum Gasteiger partial charge on any atom is -0.454 e. The molecule has 1 fully saturated rings. The lowest BCUT2D eigenvalue weighted by molar-refractivity contribution is 0.174. The number of rotatable bonds is 5. The summed E-state index contributed by atoms with van der Waals surface area (Å²) in [5, 5.41) is 6.87. The molecule has 29 heavy (non-hydrogen) atoms. The Morgan fingerprint density at radius 2 is 1.90 bits per heavy atom. The van der Waals surface area contributed by atoms with Crippen molar-refractivity contribution in [1.82, 2.24) is 10.6 Å². The monoisotopic (exact) mass is 508 g/mol. The summed E-state index contributed by atoms with van der Waals surface area (Å²) >= 11 is 0. The van der Waals surface area contributed by atoms with Crippen LogP contribution in [0.25, 0.3) is 0 Å². The maximum atomic E-state index is 5.45. The van der Waals surface area contributed by atoms with Crippen LogP contribution >= 0.6 is 24.0 Å². The highest BCUT2D eigenvalue weighted by molar-refractivity contribution is 14.0. The van der Waals surface area contributed by atoms with E-state index < -0.39 is 0 Å². The fourth-order valence-corrected chi connectivity index (χ4v) is 3.69. The number of hydrogen-bond donors (Lipinski definition) is 2. The predicted octanol–water partition coefficient (Wildman–Crippen LogP) is 4.06. The van der Waals surface area contributed by atoms with Crippen LogP contribution in [0.4, 0.5) is 5.69 Å². The second-order valence-electron chi connectivity index (χ2n) is 7.27. The summed E-state index contributed by atoms with van der Waals surface area (Å²) in [5.41, 5.74) is 3.69. The largest absolute Gasteiger partial charge is 0.454 e. The van der Waals surface area contributed by atoms with Crippen molar-refractivity contribution >= 4 is 35.6 Å². The SMILES string of the molecule is CN=C(NCc1ccc2c(c1)OCO2)NC(C)c1cccc(N2CCCC2)c1.I. The highest BCUT2D eigenvalue weighted by Crippen LogP contribution is 2.32. The van der Waals surface area contributed by atoms with E-state index in [2.05, 4.69) is 51.7 Å². The first-order valence-corrected chi connectivity index (χ1v) is 9.93. The average molecular weight is 508 g/mol. The summed E-state index contributed by atoms with van der Waals surface area (Å²) in [4.78, 5) is 6.83. The molecule has 2 aromatic rings. The standard InChI is InChI=1S/C22H28N4O2.HI/c1-16(18-6-5-7-19(13-18)26-10-3-4-11-26)25-22(23-2)24-14-17-8-9-20-21(12-17)28-15-27-20;/h5-9,12-13,16H,3-4,10-11,14-15H2,1-2H3,(H2,23,24,25);1H. The van der Waals surface area contributed by atoms with Crippen molar-refractivity contribution in [2.45, 2.75) is 32.4 Å². The van der Waals surface area contributed by atoms with E-state index in [1.165, 1.54) is 24.1 Å². The van der Waals surface area contributed by atoms with E-state index in [4.69, 9.17) is 9.47 Å². The van der Waals surface area contributed by atoms with Gasteiger partial charge in [0.05, 0.1) is 6.04 Å². The summed E-state index contributed by atoms with van der Waals surface area (Å²) in [6.45, 7) is 5.44. The van der Waals surface area contributed by atoms with Gasteiger partial charge in [-0.25, -0.2) is 0 Å². The fraction of sp³-hybridized carbons (Fsp3) is 0.409. The van der Waals surface area contributed by atoms with Crippen molar-refractivity contribution < 1.29 is 9.47 Å². The van der Waals surface area contributed by atoms with Gasteiger partial charge in [0.2, 0.25) is 6.79 Å².